The summed E-state index contributed by atoms with van der Waals surface area (Å²) in [7, 11) is 0. The first kappa shape index (κ1) is 15.7. The van der Waals surface area contributed by atoms with E-state index in [1.165, 1.54) is 5.56 Å². The van der Waals surface area contributed by atoms with Gasteiger partial charge >= 0.3 is 0 Å². The van der Waals surface area contributed by atoms with Crippen LogP contribution in [0, 0.1) is 0 Å². The topological polar surface area (TPSA) is 45.2 Å². The van der Waals surface area contributed by atoms with Gasteiger partial charge in [-0.25, -0.2) is 0 Å². The van der Waals surface area contributed by atoms with Gasteiger partial charge in [0.15, 0.2) is 0 Å². The van der Waals surface area contributed by atoms with Gasteiger partial charge < -0.3 is 5.32 Å². The molecule has 2 heterocycles. The predicted octanol–water partition coefficient (Wildman–Crippen LogP) is 2.65. The molecule has 1 amide bonds. The molecule has 1 fully saturated rings. The Morgan fingerprint density at radius 1 is 1.26 bits per heavy atom. The van der Waals surface area contributed by atoms with Crippen molar-refractivity contribution in [2.45, 2.75) is 32.4 Å². The minimum absolute atomic E-state index is 0.00140. The maximum Gasteiger partial charge on any atom is 0.253 e. The first-order chi connectivity index (χ1) is 11.3. The van der Waals surface area contributed by atoms with Crippen molar-refractivity contribution >= 4 is 5.91 Å². The molecule has 4 nitrogen and oxygen atoms in total. The number of amides is 1. The van der Waals surface area contributed by atoms with Crippen LogP contribution in [-0.4, -0.2) is 34.9 Å². The number of aromatic nitrogens is 1. The molecule has 1 N–H and O–H groups in total. The quantitative estimate of drug-likeness (QED) is 0.923. The van der Waals surface area contributed by atoms with E-state index >= 15 is 0 Å². The Morgan fingerprint density at radius 2 is 2.09 bits per heavy atom. The summed E-state index contributed by atoms with van der Waals surface area (Å²) in [6.07, 6.45) is 3.52. The van der Waals surface area contributed by atoms with Crippen molar-refractivity contribution in [2.24, 2.45) is 0 Å². The number of hydrogen-bond acceptors (Lipinski definition) is 3. The summed E-state index contributed by atoms with van der Waals surface area (Å²) in [5.74, 6) is 0.00140. The van der Waals surface area contributed by atoms with Gasteiger partial charge in [-0.3, -0.25) is 14.7 Å². The molecule has 23 heavy (non-hydrogen) atoms. The van der Waals surface area contributed by atoms with E-state index in [9.17, 15) is 4.79 Å². The van der Waals surface area contributed by atoms with Crippen LogP contribution in [0.25, 0.3) is 0 Å². The molecule has 1 aliphatic rings. The minimum atomic E-state index is 0.00140. The van der Waals surface area contributed by atoms with E-state index in [2.05, 4.69) is 39.5 Å². The highest BCUT2D eigenvalue weighted by atomic mass is 16.1. The maximum atomic E-state index is 12.5. The Bertz CT molecular complexity index is 657. The fourth-order valence-electron chi connectivity index (χ4n) is 3.13. The fourth-order valence-corrected chi connectivity index (χ4v) is 3.13. The lowest BCUT2D eigenvalue weighted by atomic mass is 10.1. The molecule has 1 unspecified atom stereocenters. The van der Waals surface area contributed by atoms with Crippen LogP contribution in [0.4, 0.5) is 0 Å². The van der Waals surface area contributed by atoms with Crippen molar-refractivity contribution in [1.29, 1.82) is 0 Å². The van der Waals surface area contributed by atoms with Gasteiger partial charge in [-0.15, -0.1) is 0 Å². The van der Waals surface area contributed by atoms with E-state index in [1.807, 2.05) is 25.1 Å². The number of aryl methyl sites for hydroxylation is 1. The summed E-state index contributed by atoms with van der Waals surface area (Å²) in [5.41, 5.74) is 2.89. The standard InChI is InChI=1S/C19H23N3O/c1-2-18-17(9-6-11-20-18)19(23)21-16-10-12-22(14-16)13-15-7-4-3-5-8-15/h3-9,11,16H,2,10,12-14H2,1H3,(H,21,23). The highest BCUT2D eigenvalue weighted by Gasteiger charge is 2.24. The van der Waals surface area contributed by atoms with Crippen molar-refractivity contribution in [3.05, 3.63) is 65.5 Å². The number of likely N-dealkylation sites (tertiary alicyclic amines) is 1. The smallest absolute Gasteiger partial charge is 0.253 e. The lowest BCUT2D eigenvalue weighted by molar-refractivity contribution is 0.0936. The third kappa shape index (κ3) is 3.96. The largest absolute Gasteiger partial charge is 0.348 e. The second-order valence-corrected chi connectivity index (χ2v) is 6.03. The molecule has 1 atom stereocenters. The average molecular weight is 309 g/mol. The predicted molar refractivity (Wildman–Crippen MR) is 91.2 cm³/mol. The van der Waals surface area contributed by atoms with Gasteiger partial charge in [0, 0.05) is 31.9 Å². The lowest BCUT2D eigenvalue weighted by Gasteiger charge is -2.17. The van der Waals surface area contributed by atoms with E-state index in [-0.39, 0.29) is 11.9 Å². The van der Waals surface area contributed by atoms with E-state index in [1.54, 1.807) is 6.20 Å². The van der Waals surface area contributed by atoms with Gasteiger partial charge in [-0.1, -0.05) is 37.3 Å². The number of benzene rings is 1. The Hall–Kier alpha value is -2.20. The van der Waals surface area contributed by atoms with Gasteiger partial charge in [-0.2, -0.15) is 0 Å². The molecule has 0 bridgehead atoms. The number of nitrogens with zero attached hydrogens (tertiary/aromatic N) is 2. The van der Waals surface area contributed by atoms with Crippen molar-refractivity contribution in [3.63, 3.8) is 0 Å². The van der Waals surface area contributed by atoms with Crippen LogP contribution in [0.15, 0.2) is 48.7 Å². The monoisotopic (exact) mass is 309 g/mol. The van der Waals surface area contributed by atoms with Gasteiger partial charge in [0.2, 0.25) is 0 Å². The van der Waals surface area contributed by atoms with Gasteiger partial charge in [0.25, 0.3) is 5.91 Å². The van der Waals surface area contributed by atoms with E-state index in [0.29, 0.717) is 5.56 Å². The normalized spacial score (nSPS) is 18.0. The highest BCUT2D eigenvalue weighted by molar-refractivity contribution is 5.95. The number of carbonyl (C=O) groups is 1. The molecule has 0 radical (unpaired) electrons. The Morgan fingerprint density at radius 3 is 2.87 bits per heavy atom. The van der Waals surface area contributed by atoms with Crippen LogP contribution in [0.1, 0.15) is 35.0 Å². The van der Waals surface area contributed by atoms with Crippen LogP contribution in [0.2, 0.25) is 0 Å². The average Bonchev–Trinajstić information content (AvgIpc) is 3.02. The van der Waals surface area contributed by atoms with Crippen molar-refractivity contribution in [2.75, 3.05) is 13.1 Å². The molecule has 2 aromatic rings. The Balaban J connectivity index is 1.56. The highest BCUT2D eigenvalue weighted by Crippen LogP contribution is 2.14. The minimum Gasteiger partial charge on any atom is -0.348 e. The first-order valence-electron chi connectivity index (χ1n) is 8.27. The van der Waals surface area contributed by atoms with Crippen LogP contribution in [-0.2, 0) is 13.0 Å². The molecule has 0 aliphatic carbocycles. The number of hydrogen-bond donors (Lipinski definition) is 1. The van der Waals surface area contributed by atoms with Crippen molar-refractivity contribution < 1.29 is 4.79 Å². The zero-order valence-corrected chi connectivity index (χ0v) is 13.5. The summed E-state index contributed by atoms with van der Waals surface area (Å²) < 4.78 is 0. The van der Waals surface area contributed by atoms with Crippen LogP contribution < -0.4 is 5.32 Å². The van der Waals surface area contributed by atoms with Crippen LogP contribution in [0.5, 0.6) is 0 Å². The molecule has 4 heteroatoms. The van der Waals surface area contributed by atoms with Crippen LogP contribution >= 0.6 is 0 Å². The zero-order valence-electron chi connectivity index (χ0n) is 13.5. The van der Waals surface area contributed by atoms with Gasteiger partial charge in [-0.05, 0) is 30.5 Å². The summed E-state index contributed by atoms with van der Waals surface area (Å²) in [5, 5.41) is 3.17. The molecule has 0 spiro atoms. The summed E-state index contributed by atoms with van der Waals surface area (Å²) in [6, 6.07) is 14.4. The van der Waals surface area contributed by atoms with E-state index in [0.717, 1.165) is 38.2 Å². The fraction of sp³-hybridized carbons (Fsp3) is 0.368. The molecular formula is C19H23N3O. The summed E-state index contributed by atoms with van der Waals surface area (Å²) >= 11 is 0. The molecule has 120 valence electrons. The molecule has 1 aromatic heterocycles. The third-order valence-corrected chi connectivity index (χ3v) is 4.33. The molecular weight excluding hydrogens is 286 g/mol. The second-order valence-electron chi connectivity index (χ2n) is 6.03. The summed E-state index contributed by atoms with van der Waals surface area (Å²) in [4.78, 5) is 19.2. The third-order valence-electron chi connectivity index (χ3n) is 4.33. The second kappa shape index (κ2) is 7.38. The molecule has 1 saturated heterocycles. The van der Waals surface area contributed by atoms with Crippen LogP contribution in [0.3, 0.4) is 0 Å². The van der Waals surface area contributed by atoms with E-state index in [4.69, 9.17) is 0 Å². The number of rotatable bonds is 5. The Kier molecular flexibility index (Phi) is 5.03. The maximum absolute atomic E-state index is 12.5. The number of nitrogens with one attached hydrogen (secondary N) is 1. The molecule has 3 rings (SSSR count). The molecule has 0 saturated carbocycles. The first-order valence-corrected chi connectivity index (χ1v) is 8.27. The SMILES string of the molecule is CCc1ncccc1C(=O)NC1CCN(Cc2ccccc2)C1. The van der Waals surface area contributed by atoms with Gasteiger partial charge in [0.1, 0.15) is 0 Å². The summed E-state index contributed by atoms with van der Waals surface area (Å²) in [6.45, 7) is 4.90. The Labute approximate surface area is 137 Å². The number of pyridine rings is 1. The zero-order chi connectivity index (χ0) is 16.1. The van der Waals surface area contributed by atoms with Crippen molar-refractivity contribution in [3.8, 4) is 0 Å². The molecule has 1 aliphatic heterocycles. The molecule has 1 aromatic carbocycles. The lowest BCUT2D eigenvalue weighted by Crippen LogP contribution is -2.37. The van der Waals surface area contributed by atoms with E-state index < -0.39 is 0 Å². The van der Waals surface area contributed by atoms with Gasteiger partial charge in [0.05, 0.1) is 11.3 Å². The number of carbonyl (C=O) groups excluding carboxylic acids is 1. The van der Waals surface area contributed by atoms with Crippen molar-refractivity contribution in [1.82, 2.24) is 15.2 Å².